The van der Waals surface area contributed by atoms with E-state index in [9.17, 15) is 5.26 Å². The topological polar surface area (TPSA) is 35.8 Å². The molecule has 1 N–H and O–H groups in total. The van der Waals surface area contributed by atoms with Crippen molar-refractivity contribution in [1.29, 1.82) is 5.26 Å². The van der Waals surface area contributed by atoms with E-state index >= 15 is 0 Å². The minimum absolute atomic E-state index is 0.378. The molecule has 2 atom stereocenters. The number of thioether (sulfide) groups is 1. The van der Waals surface area contributed by atoms with Crippen LogP contribution in [-0.2, 0) is 0 Å². The van der Waals surface area contributed by atoms with Gasteiger partial charge in [0.2, 0.25) is 0 Å². The minimum Gasteiger partial charge on any atom is -0.299 e. The van der Waals surface area contributed by atoms with Crippen molar-refractivity contribution in [3.63, 3.8) is 0 Å². The molecule has 1 fully saturated rings. The van der Waals surface area contributed by atoms with Crippen LogP contribution < -0.4 is 5.32 Å². The molecule has 2 unspecified atom stereocenters. The van der Waals surface area contributed by atoms with Crippen molar-refractivity contribution in [1.82, 2.24) is 5.32 Å². The van der Waals surface area contributed by atoms with Crippen LogP contribution >= 0.6 is 35.0 Å². The first-order chi connectivity index (χ1) is 10.1. The van der Waals surface area contributed by atoms with Gasteiger partial charge in [0.15, 0.2) is 0 Å². The van der Waals surface area contributed by atoms with Crippen LogP contribution in [0.2, 0.25) is 10.0 Å². The van der Waals surface area contributed by atoms with Crippen molar-refractivity contribution >= 4 is 35.0 Å². The highest BCUT2D eigenvalue weighted by molar-refractivity contribution is 8.00. The number of nitriles is 1. The first-order valence-corrected chi connectivity index (χ1v) is 9.00. The van der Waals surface area contributed by atoms with Crippen LogP contribution in [0.1, 0.15) is 39.0 Å². The van der Waals surface area contributed by atoms with Gasteiger partial charge in [-0.3, -0.25) is 5.32 Å². The maximum absolute atomic E-state index is 9.58. The Morgan fingerprint density at radius 3 is 3.00 bits per heavy atom. The first kappa shape index (κ1) is 17.0. The molecule has 0 aliphatic heterocycles. The molecule has 2 rings (SSSR count). The quantitative estimate of drug-likeness (QED) is 0.789. The third-order valence-corrected chi connectivity index (χ3v) is 5.82. The average molecular weight is 343 g/mol. The molecule has 0 bridgehead atoms. The lowest BCUT2D eigenvalue weighted by Gasteiger charge is -2.36. The molecular weight excluding hydrogens is 323 g/mol. The third-order valence-electron chi connectivity index (χ3n) is 3.82. The number of hydrogen-bond donors (Lipinski definition) is 1. The molecule has 0 amide bonds. The van der Waals surface area contributed by atoms with Crippen molar-refractivity contribution in [3.05, 3.63) is 28.2 Å². The molecule has 1 aliphatic carbocycles. The maximum atomic E-state index is 9.58. The van der Waals surface area contributed by atoms with Crippen LogP contribution in [0, 0.1) is 11.3 Å². The van der Waals surface area contributed by atoms with Crippen LogP contribution in [0.5, 0.6) is 0 Å². The summed E-state index contributed by atoms with van der Waals surface area (Å²) in [6.07, 6.45) is 5.02. The second kappa shape index (κ2) is 7.74. The van der Waals surface area contributed by atoms with E-state index < -0.39 is 0 Å². The molecule has 2 nitrogen and oxygen atoms in total. The van der Waals surface area contributed by atoms with Crippen LogP contribution in [0.15, 0.2) is 23.1 Å². The number of hydrogen-bond acceptors (Lipinski definition) is 3. The van der Waals surface area contributed by atoms with E-state index in [0.29, 0.717) is 10.3 Å². The van der Waals surface area contributed by atoms with E-state index in [4.69, 9.17) is 23.2 Å². The monoisotopic (exact) mass is 342 g/mol. The highest BCUT2D eigenvalue weighted by Gasteiger charge is 2.36. The van der Waals surface area contributed by atoms with E-state index in [1.165, 1.54) is 0 Å². The number of benzene rings is 1. The van der Waals surface area contributed by atoms with Gasteiger partial charge in [0.25, 0.3) is 0 Å². The zero-order chi connectivity index (χ0) is 15.3. The lowest BCUT2D eigenvalue weighted by atomic mass is 9.82. The van der Waals surface area contributed by atoms with Gasteiger partial charge in [0.05, 0.1) is 11.1 Å². The van der Waals surface area contributed by atoms with E-state index in [1.54, 1.807) is 17.8 Å². The fraction of sp³-hybridized carbons (Fsp3) is 0.562. The zero-order valence-corrected chi connectivity index (χ0v) is 14.5. The van der Waals surface area contributed by atoms with Gasteiger partial charge in [-0.05, 0) is 56.8 Å². The molecule has 1 aromatic rings. The standard InChI is InChI=1S/C16H20Cl2N2S/c1-2-8-20-16(11-19)7-3-4-13(10-16)21-15-9-12(17)5-6-14(15)18/h5-6,9,13,20H,2-4,7-8,10H2,1H3. The summed E-state index contributed by atoms with van der Waals surface area (Å²) in [6, 6.07) is 8.06. The highest BCUT2D eigenvalue weighted by atomic mass is 35.5. The Bertz CT molecular complexity index is 529. The molecule has 0 radical (unpaired) electrons. The summed E-state index contributed by atoms with van der Waals surface area (Å²) in [4.78, 5) is 1.01. The van der Waals surface area contributed by atoms with Crippen molar-refractivity contribution < 1.29 is 0 Å². The van der Waals surface area contributed by atoms with Gasteiger partial charge >= 0.3 is 0 Å². The zero-order valence-electron chi connectivity index (χ0n) is 12.2. The van der Waals surface area contributed by atoms with E-state index in [0.717, 1.165) is 48.6 Å². The second-order valence-electron chi connectivity index (χ2n) is 5.53. The SMILES string of the molecule is CCCNC1(C#N)CCCC(Sc2cc(Cl)ccc2Cl)C1. The minimum atomic E-state index is -0.378. The van der Waals surface area contributed by atoms with Gasteiger partial charge < -0.3 is 0 Å². The van der Waals surface area contributed by atoms with Crippen molar-refractivity contribution in [2.24, 2.45) is 0 Å². The molecule has 1 aromatic carbocycles. The van der Waals surface area contributed by atoms with Crippen LogP contribution in [0.4, 0.5) is 0 Å². The summed E-state index contributed by atoms with van der Waals surface area (Å²) in [5.41, 5.74) is -0.378. The molecule has 1 aliphatic rings. The Morgan fingerprint density at radius 2 is 2.29 bits per heavy atom. The van der Waals surface area contributed by atoms with E-state index in [1.807, 2.05) is 12.1 Å². The van der Waals surface area contributed by atoms with Crippen molar-refractivity contribution in [2.75, 3.05) is 6.54 Å². The van der Waals surface area contributed by atoms with Gasteiger partial charge in [-0.15, -0.1) is 11.8 Å². The van der Waals surface area contributed by atoms with Crippen LogP contribution in [-0.4, -0.2) is 17.3 Å². The second-order valence-corrected chi connectivity index (χ2v) is 7.72. The molecule has 1 saturated carbocycles. The molecule has 0 aromatic heterocycles. The summed E-state index contributed by atoms with van der Waals surface area (Å²) >= 11 is 14.0. The molecule has 5 heteroatoms. The molecule has 0 heterocycles. The van der Waals surface area contributed by atoms with E-state index in [-0.39, 0.29) is 5.54 Å². The van der Waals surface area contributed by atoms with Crippen LogP contribution in [0.25, 0.3) is 0 Å². The Balaban J connectivity index is 2.07. The van der Waals surface area contributed by atoms with Crippen molar-refractivity contribution in [2.45, 2.75) is 54.7 Å². The Morgan fingerprint density at radius 1 is 1.48 bits per heavy atom. The summed E-state index contributed by atoms with van der Waals surface area (Å²) in [5.74, 6) is 0. The van der Waals surface area contributed by atoms with Gasteiger partial charge in [-0.25, -0.2) is 0 Å². The van der Waals surface area contributed by atoms with Gasteiger partial charge in [0, 0.05) is 15.2 Å². The number of nitrogens with one attached hydrogen (secondary N) is 1. The predicted octanol–water partition coefficient (Wildman–Crippen LogP) is 5.29. The van der Waals surface area contributed by atoms with Gasteiger partial charge in [0.1, 0.15) is 5.54 Å². The highest BCUT2D eigenvalue weighted by Crippen LogP contribution is 2.41. The smallest absolute Gasteiger partial charge is 0.107 e. The van der Waals surface area contributed by atoms with E-state index in [2.05, 4.69) is 18.3 Å². The third kappa shape index (κ3) is 4.53. The Kier molecular flexibility index (Phi) is 6.25. The van der Waals surface area contributed by atoms with Crippen LogP contribution in [0.3, 0.4) is 0 Å². The summed E-state index contributed by atoms with van der Waals surface area (Å²) in [6.45, 7) is 3.02. The fourth-order valence-corrected chi connectivity index (χ4v) is 4.61. The Labute approximate surface area is 141 Å². The Hall–Kier alpha value is -0.400. The lowest BCUT2D eigenvalue weighted by Crippen LogP contribution is -2.48. The summed E-state index contributed by atoms with van der Waals surface area (Å²) in [7, 11) is 0. The molecule has 0 saturated heterocycles. The number of halogens is 2. The number of rotatable bonds is 5. The average Bonchev–Trinajstić information content (AvgIpc) is 2.49. The van der Waals surface area contributed by atoms with Gasteiger partial charge in [-0.2, -0.15) is 5.26 Å². The first-order valence-electron chi connectivity index (χ1n) is 7.36. The maximum Gasteiger partial charge on any atom is 0.107 e. The van der Waals surface area contributed by atoms with Crippen molar-refractivity contribution in [3.8, 4) is 6.07 Å². The van der Waals surface area contributed by atoms with Gasteiger partial charge in [-0.1, -0.05) is 30.1 Å². The summed E-state index contributed by atoms with van der Waals surface area (Å²) < 4.78 is 0. The normalized spacial score (nSPS) is 25.5. The molecule has 21 heavy (non-hydrogen) atoms. The number of nitrogens with zero attached hydrogens (tertiary/aromatic N) is 1. The largest absolute Gasteiger partial charge is 0.299 e. The molecular formula is C16H20Cl2N2S. The molecule has 0 spiro atoms. The fourth-order valence-electron chi connectivity index (χ4n) is 2.74. The summed E-state index contributed by atoms with van der Waals surface area (Å²) in [5, 5.41) is 14.9. The molecule has 114 valence electrons. The lowest BCUT2D eigenvalue weighted by molar-refractivity contribution is 0.305. The predicted molar refractivity (Wildman–Crippen MR) is 91.2 cm³/mol.